The molecule has 1 aliphatic rings. The number of rotatable bonds is 10. The van der Waals surface area contributed by atoms with Crippen molar-refractivity contribution in [2.45, 2.75) is 12.8 Å². The average Bonchev–Trinajstić information content (AvgIpc) is 3.31. The zero-order valence-electron chi connectivity index (χ0n) is 19.2. The molecule has 1 heterocycles. The number of hydrogen-bond acceptors (Lipinski definition) is 7. The van der Waals surface area contributed by atoms with Crippen molar-refractivity contribution in [3.05, 3.63) is 79.9 Å². The van der Waals surface area contributed by atoms with Crippen molar-refractivity contribution in [3.8, 4) is 0 Å². The molecule has 3 rings (SSSR count). The van der Waals surface area contributed by atoms with Crippen molar-refractivity contribution in [1.82, 2.24) is 15.5 Å². The molecule has 0 bridgehead atoms. The monoisotopic (exact) mass is 499 g/mol. The molecule has 0 spiro atoms. The third-order valence-electron chi connectivity index (χ3n) is 5.98. The van der Waals surface area contributed by atoms with Crippen LogP contribution in [0.2, 0.25) is 0 Å². The van der Waals surface area contributed by atoms with Crippen molar-refractivity contribution in [1.29, 1.82) is 0 Å². The molecule has 1 fully saturated rings. The number of non-ortho nitro benzene ring substituents is 2. The third-order valence-corrected chi connectivity index (χ3v) is 5.98. The number of benzene rings is 2. The van der Waals surface area contributed by atoms with Crippen molar-refractivity contribution < 1.29 is 29.3 Å². The van der Waals surface area contributed by atoms with Gasteiger partial charge in [0.15, 0.2) is 0 Å². The maximum Gasteiger partial charge on any atom is 0.407 e. The molecule has 1 aliphatic heterocycles. The van der Waals surface area contributed by atoms with Crippen molar-refractivity contribution in [2.75, 3.05) is 26.2 Å². The normalized spacial score (nSPS) is 16.8. The van der Waals surface area contributed by atoms with E-state index in [9.17, 15) is 39.7 Å². The van der Waals surface area contributed by atoms with E-state index in [-0.39, 0.29) is 37.6 Å². The van der Waals surface area contributed by atoms with E-state index in [1.54, 1.807) is 24.3 Å². The van der Waals surface area contributed by atoms with Crippen molar-refractivity contribution in [3.63, 3.8) is 0 Å². The average molecular weight is 499 g/mol. The summed E-state index contributed by atoms with van der Waals surface area (Å²) in [5.74, 6) is -2.62. The van der Waals surface area contributed by atoms with Crippen molar-refractivity contribution >= 4 is 29.3 Å². The molecule has 36 heavy (non-hydrogen) atoms. The molecular formula is C23H25N5O8. The van der Waals surface area contributed by atoms with E-state index < -0.39 is 39.6 Å². The highest BCUT2D eigenvalue weighted by Crippen LogP contribution is 2.24. The second-order valence-corrected chi connectivity index (χ2v) is 8.33. The van der Waals surface area contributed by atoms with Gasteiger partial charge in [-0.05, 0) is 24.0 Å². The number of likely N-dealkylation sites (tertiary alicyclic amines) is 1. The summed E-state index contributed by atoms with van der Waals surface area (Å²) in [5.41, 5.74) is 1.48. The van der Waals surface area contributed by atoms with Crippen LogP contribution in [-0.2, 0) is 22.4 Å². The second kappa shape index (κ2) is 11.7. The maximum atomic E-state index is 12.8. The lowest BCUT2D eigenvalue weighted by Gasteiger charge is -2.17. The van der Waals surface area contributed by atoms with Crippen LogP contribution < -0.4 is 10.6 Å². The number of amides is 3. The van der Waals surface area contributed by atoms with E-state index in [1.807, 2.05) is 0 Å². The molecule has 0 radical (unpaired) electrons. The molecule has 13 nitrogen and oxygen atoms in total. The smallest absolute Gasteiger partial charge is 0.407 e. The summed E-state index contributed by atoms with van der Waals surface area (Å²) in [7, 11) is 0. The Balaban J connectivity index is 1.53. The van der Waals surface area contributed by atoms with E-state index in [0.29, 0.717) is 12.8 Å². The van der Waals surface area contributed by atoms with E-state index in [1.165, 1.54) is 24.3 Å². The highest BCUT2D eigenvalue weighted by molar-refractivity contribution is 5.89. The van der Waals surface area contributed by atoms with Gasteiger partial charge in [0.05, 0.1) is 21.7 Å². The van der Waals surface area contributed by atoms with Gasteiger partial charge in [-0.2, -0.15) is 0 Å². The van der Waals surface area contributed by atoms with Gasteiger partial charge in [-0.15, -0.1) is 0 Å². The zero-order chi connectivity index (χ0) is 26.2. The molecule has 13 heteroatoms. The van der Waals surface area contributed by atoms with Gasteiger partial charge in [0, 0.05) is 50.4 Å². The molecule has 0 aromatic heterocycles. The molecule has 0 saturated carbocycles. The standard InChI is InChI=1S/C23H25N5O8/c29-21(24-11-9-15-1-5-17(6-2-15)27(33)34)19-13-26(23(31)32)14-20(19)22(30)25-12-10-16-3-7-18(8-4-16)28(35)36/h1-8,19-20H,9-14H2,(H,24,29)(H,25,30)(H,31,32)/t19-,20-/m0/s1. The predicted molar refractivity (Wildman–Crippen MR) is 126 cm³/mol. The minimum absolute atomic E-state index is 0.0371. The fraction of sp³-hybridized carbons (Fsp3) is 0.348. The van der Waals surface area contributed by atoms with Crippen LogP contribution in [0.1, 0.15) is 11.1 Å². The van der Waals surface area contributed by atoms with Crippen LogP contribution in [0.15, 0.2) is 48.5 Å². The molecule has 190 valence electrons. The van der Waals surface area contributed by atoms with Crippen LogP contribution in [-0.4, -0.2) is 63.9 Å². The van der Waals surface area contributed by atoms with Crippen LogP contribution >= 0.6 is 0 Å². The summed E-state index contributed by atoms with van der Waals surface area (Å²) < 4.78 is 0. The van der Waals surface area contributed by atoms with Crippen LogP contribution in [0, 0.1) is 32.1 Å². The summed E-state index contributed by atoms with van der Waals surface area (Å²) in [6, 6.07) is 11.8. The maximum absolute atomic E-state index is 12.8. The van der Waals surface area contributed by atoms with Gasteiger partial charge in [0.1, 0.15) is 0 Å². The summed E-state index contributed by atoms with van der Waals surface area (Å²) in [6.07, 6.45) is -0.406. The number of nitro benzene ring substituents is 2. The number of nitrogens with one attached hydrogen (secondary N) is 2. The molecule has 2 aromatic carbocycles. The molecule has 1 saturated heterocycles. The SMILES string of the molecule is O=C(NCCc1ccc([N+](=O)[O-])cc1)[C@H]1CN(C(=O)O)C[C@@H]1C(=O)NCCc1ccc([N+](=O)[O-])cc1. The van der Waals surface area contributed by atoms with Gasteiger partial charge >= 0.3 is 6.09 Å². The number of carbonyl (C=O) groups is 3. The first-order valence-electron chi connectivity index (χ1n) is 11.2. The minimum Gasteiger partial charge on any atom is -0.465 e. The number of nitro groups is 2. The largest absolute Gasteiger partial charge is 0.465 e. The van der Waals surface area contributed by atoms with Gasteiger partial charge in [-0.1, -0.05) is 24.3 Å². The first-order chi connectivity index (χ1) is 17.2. The molecule has 3 amide bonds. The Bertz CT molecular complexity index is 1050. The van der Waals surface area contributed by atoms with E-state index in [0.717, 1.165) is 16.0 Å². The molecule has 3 N–H and O–H groups in total. The Labute approximate surface area is 205 Å². The zero-order valence-corrected chi connectivity index (χ0v) is 19.2. The summed E-state index contributed by atoms with van der Waals surface area (Å²) in [4.78, 5) is 58.5. The van der Waals surface area contributed by atoms with Gasteiger partial charge < -0.3 is 20.6 Å². The second-order valence-electron chi connectivity index (χ2n) is 8.33. The fourth-order valence-corrected chi connectivity index (χ4v) is 3.98. The Kier molecular flexibility index (Phi) is 8.49. The van der Waals surface area contributed by atoms with Gasteiger partial charge in [-0.25, -0.2) is 4.79 Å². The van der Waals surface area contributed by atoms with E-state index in [4.69, 9.17) is 0 Å². The minimum atomic E-state index is -1.22. The van der Waals surface area contributed by atoms with E-state index >= 15 is 0 Å². The number of carbonyl (C=O) groups excluding carboxylic acids is 2. The molecule has 2 aromatic rings. The highest BCUT2D eigenvalue weighted by Gasteiger charge is 2.43. The summed E-state index contributed by atoms with van der Waals surface area (Å²) >= 11 is 0. The highest BCUT2D eigenvalue weighted by atomic mass is 16.6. The predicted octanol–water partition coefficient (Wildman–Crippen LogP) is 1.75. The topological polar surface area (TPSA) is 185 Å². The molecule has 0 unspecified atom stereocenters. The van der Waals surface area contributed by atoms with Crippen LogP contribution in [0.5, 0.6) is 0 Å². The Morgan fingerprint density at radius 3 is 1.44 bits per heavy atom. The van der Waals surface area contributed by atoms with Gasteiger partial charge in [0.2, 0.25) is 11.8 Å². The third kappa shape index (κ3) is 6.74. The first kappa shape index (κ1) is 26.1. The lowest BCUT2D eigenvalue weighted by molar-refractivity contribution is -0.385. The Morgan fingerprint density at radius 1 is 0.778 bits per heavy atom. The Hall–Kier alpha value is -4.55. The lowest BCUT2D eigenvalue weighted by atomic mass is 9.94. The van der Waals surface area contributed by atoms with Crippen LogP contribution in [0.3, 0.4) is 0 Å². The molecular weight excluding hydrogens is 474 g/mol. The summed E-state index contributed by atoms with van der Waals surface area (Å²) in [5, 5.41) is 36.3. The molecule has 2 atom stereocenters. The van der Waals surface area contributed by atoms with Crippen LogP contribution in [0.25, 0.3) is 0 Å². The van der Waals surface area contributed by atoms with Gasteiger partial charge in [-0.3, -0.25) is 29.8 Å². The molecule has 0 aliphatic carbocycles. The number of nitrogens with zero attached hydrogens (tertiary/aromatic N) is 3. The van der Waals surface area contributed by atoms with E-state index in [2.05, 4.69) is 10.6 Å². The van der Waals surface area contributed by atoms with Gasteiger partial charge in [0.25, 0.3) is 11.4 Å². The first-order valence-corrected chi connectivity index (χ1v) is 11.2. The van der Waals surface area contributed by atoms with Crippen molar-refractivity contribution in [2.24, 2.45) is 11.8 Å². The Morgan fingerprint density at radius 2 is 1.14 bits per heavy atom. The fourth-order valence-electron chi connectivity index (χ4n) is 3.98. The number of carboxylic acid groups (broad SMARTS) is 1. The lowest BCUT2D eigenvalue weighted by Crippen LogP contribution is -2.42. The van der Waals surface area contributed by atoms with Crippen LogP contribution in [0.4, 0.5) is 16.2 Å². The quantitative estimate of drug-likeness (QED) is 0.326. The summed E-state index contributed by atoms with van der Waals surface area (Å²) in [6.45, 7) is 0.210. The number of hydrogen-bond donors (Lipinski definition) is 3.